The average Bonchev–Trinajstić information content (AvgIpc) is 2.52. The number of rotatable bonds is 4. The molecule has 0 aliphatic carbocycles. The van der Waals surface area contributed by atoms with E-state index in [9.17, 15) is 18.0 Å². The van der Waals surface area contributed by atoms with Gasteiger partial charge in [0.15, 0.2) is 0 Å². The number of esters is 1. The third kappa shape index (κ3) is 5.37. The Morgan fingerprint density at radius 3 is 2.08 bits per heavy atom. The lowest BCUT2D eigenvalue weighted by atomic mass is 10.0. The lowest BCUT2D eigenvalue weighted by Gasteiger charge is -2.19. The molecular weight excluding hydrogens is 345 g/mol. The van der Waals surface area contributed by atoms with E-state index in [1.54, 1.807) is 51.1 Å². The number of carbonyl (C=O) groups excluding carboxylic acids is 1. The van der Waals surface area contributed by atoms with Gasteiger partial charge < -0.3 is 9.47 Å². The Labute approximate surface area is 150 Å². The van der Waals surface area contributed by atoms with E-state index in [0.29, 0.717) is 16.7 Å². The van der Waals surface area contributed by atoms with Crippen molar-refractivity contribution in [2.24, 2.45) is 0 Å². The molecule has 3 nitrogen and oxygen atoms in total. The van der Waals surface area contributed by atoms with Gasteiger partial charge in [-0.2, -0.15) is 0 Å². The molecule has 0 aliphatic heterocycles. The normalized spacial score (nSPS) is 11.8. The van der Waals surface area contributed by atoms with Crippen molar-refractivity contribution in [3.05, 3.63) is 60.2 Å². The Morgan fingerprint density at radius 1 is 1.00 bits per heavy atom. The van der Waals surface area contributed by atoms with Crippen molar-refractivity contribution in [1.29, 1.82) is 0 Å². The first-order chi connectivity index (χ1) is 12.0. The summed E-state index contributed by atoms with van der Waals surface area (Å²) in [5.74, 6) is -0.798. The maximum absolute atomic E-state index is 12.6. The highest BCUT2D eigenvalue weighted by atomic mass is 19.4. The maximum Gasteiger partial charge on any atom is 0.573 e. The molecule has 2 rings (SSSR count). The van der Waals surface area contributed by atoms with Crippen molar-refractivity contribution in [3.8, 4) is 16.9 Å². The zero-order valence-corrected chi connectivity index (χ0v) is 14.7. The van der Waals surface area contributed by atoms with E-state index in [2.05, 4.69) is 11.3 Å². The number of halogens is 3. The predicted octanol–water partition coefficient (Wildman–Crippen LogP) is 5.85. The summed E-state index contributed by atoms with van der Waals surface area (Å²) in [6.45, 7) is 8.78. The SMILES string of the molecule is C=Cc1ccc(-c2ccc(C(=O)OC(C)(C)C)cc2)cc1OC(F)(F)F. The van der Waals surface area contributed by atoms with Crippen LogP contribution in [0.1, 0.15) is 36.7 Å². The van der Waals surface area contributed by atoms with Crippen LogP contribution in [0.3, 0.4) is 0 Å². The van der Waals surface area contributed by atoms with Crippen LogP contribution in [0.2, 0.25) is 0 Å². The van der Waals surface area contributed by atoms with Gasteiger partial charge in [0.1, 0.15) is 11.4 Å². The Bertz CT molecular complexity index is 801. The minimum atomic E-state index is -4.79. The van der Waals surface area contributed by atoms with Crippen LogP contribution in [-0.4, -0.2) is 17.9 Å². The van der Waals surface area contributed by atoms with E-state index >= 15 is 0 Å². The molecule has 0 bridgehead atoms. The third-order valence-corrected chi connectivity index (χ3v) is 3.31. The first-order valence-corrected chi connectivity index (χ1v) is 7.84. The van der Waals surface area contributed by atoms with Gasteiger partial charge in [-0.1, -0.05) is 36.9 Å². The topological polar surface area (TPSA) is 35.5 Å². The highest BCUT2D eigenvalue weighted by Gasteiger charge is 2.32. The second-order valence-electron chi connectivity index (χ2n) is 6.58. The van der Waals surface area contributed by atoms with Gasteiger partial charge in [-0.3, -0.25) is 0 Å². The molecule has 0 radical (unpaired) electrons. The summed E-state index contributed by atoms with van der Waals surface area (Å²) < 4.78 is 47.0. The molecule has 0 N–H and O–H groups in total. The Hall–Kier alpha value is -2.76. The molecule has 0 heterocycles. The van der Waals surface area contributed by atoms with Crippen molar-refractivity contribution in [1.82, 2.24) is 0 Å². The van der Waals surface area contributed by atoms with Crippen LogP contribution in [0.4, 0.5) is 13.2 Å². The van der Waals surface area contributed by atoms with E-state index in [1.165, 1.54) is 18.2 Å². The molecule has 2 aromatic rings. The van der Waals surface area contributed by atoms with Crippen molar-refractivity contribution in [2.45, 2.75) is 32.7 Å². The average molecular weight is 364 g/mol. The highest BCUT2D eigenvalue weighted by molar-refractivity contribution is 5.90. The maximum atomic E-state index is 12.6. The van der Waals surface area contributed by atoms with Crippen LogP contribution >= 0.6 is 0 Å². The van der Waals surface area contributed by atoms with Gasteiger partial charge in [-0.05, 0) is 50.1 Å². The third-order valence-electron chi connectivity index (χ3n) is 3.31. The van der Waals surface area contributed by atoms with E-state index in [4.69, 9.17) is 4.74 Å². The fourth-order valence-electron chi connectivity index (χ4n) is 2.23. The zero-order chi connectivity index (χ0) is 19.5. The van der Waals surface area contributed by atoms with E-state index in [1.807, 2.05) is 0 Å². The van der Waals surface area contributed by atoms with Gasteiger partial charge >= 0.3 is 12.3 Å². The first-order valence-electron chi connectivity index (χ1n) is 7.84. The molecular formula is C20H19F3O3. The van der Waals surface area contributed by atoms with Gasteiger partial charge in [0.2, 0.25) is 0 Å². The summed E-state index contributed by atoms with van der Waals surface area (Å²) in [5, 5.41) is 0. The molecule has 2 aromatic carbocycles. The van der Waals surface area contributed by atoms with Crippen LogP contribution in [0.25, 0.3) is 17.2 Å². The number of benzene rings is 2. The second kappa shape index (κ2) is 7.23. The monoisotopic (exact) mass is 364 g/mol. The van der Waals surface area contributed by atoms with Gasteiger partial charge in [-0.15, -0.1) is 13.2 Å². The quantitative estimate of drug-likeness (QED) is 0.638. The number of carbonyl (C=O) groups is 1. The first kappa shape index (κ1) is 19.6. The molecule has 138 valence electrons. The number of hydrogen-bond acceptors (Lipinski definition) is 3. The smallest absolute Gasteiger partial charge is 0.456 e. The minimum Gasteiger partial charge on any atom is -0.456 e. The summed E-state index contributed by atoms with van der Waals surface area (Å²) in [6, 6.07) is 10.8. The fraction of sp³-hybridized carbons (Fsp3) is 0.250. The summed E-state index contributed by atoms with van der Waals surface area (Å²) in [6.07, 6.45) is -3.51. The standard InChI is InChI=1S/C20H19F3O3/c1-5-13-6-11-16(12-17(13)25-20(21,22)23)14-7-9-15(10-8-14)18(24)26-19(2,3)4/h5-12H,1H2,2-4H3. The molecule has 0 fully saturated rings. The molecule has 0 unspecified atom stereocenters. The molecule has 0 atom stereocenters. The van der Waals surface area contributed by atoms with Crippen LogP contribution in [0, 0.1) is 0 Å². The van der Waals surface area contributed by atoms with Crippen LogP contribution < -0.4 is 4.74 Å². The zero-order valence-electron chi connectivity index (χ0n) is 14.7. The van der Waals surface area contributed by atoms with Gasteiger partial charge in [-0.25, -0.2) is 4.79 Å². The number of ether oxygens (including phenoxy) is 2. The molecule has 0 aromatic heterocycles. The van der Waals surface area contributed by atoms with E-state index in [0.717, 1.165) is 0 Å². The summed E-state index contributed by atoms with van der Waals surface area (Å²) in [7, 11) is 0. The van der Waals surface area contributed by atoms with Crippen molar-refractivity contribution >= 4 is 12.0 Å². The van der Waals surface area contributed by atoms with Gasteiger partial charge in [0.25, 0.3) is 0 Å². The molecule has 0 aliphatic rings. The van der Waals surface area contributed by atoms with Crippen LogP contribution in [0.15, 0.2) is 49.0 Å². The van der Waals surface area contributed by atoms with Gasteiger partial charge in [0.05, 0.1) is 5.56 Å². The predicted molar refractivity (Wildman–Crippen MR) is 93.8 cm³/mol. The number of alkyl halides is 3. The van der Waals surface area contributed by atoms with Crippen molar-refractivity contribution in [2.75, 3.05) is 0 Å². The van der Waals surface area contributed by atoms with Crippen LogP contribution in [0.5, 0.6) is 5.75 Å². The Kier molecular flexibility index (Phi) is 5.44. The minimum absolute atomic E-state index is 0.233. The van der Waals surface area contributed by atoms with Gasteiger partial charge in [0, 0.05) is 5.56 Å². The number of hydrogen-bond donors (Lipinski definition) is 0. The molecule has 26 heavy (non-hydrogen) atoms. The van der Waals surface area contributed by atoms with E-state index < -0.39 is 17.9 Å². The van der Waals surface area contributed by atoms with Crippen molar-refractivity contribution in [3.63, 3.8) is 0 Å². The van der Waals surface area contributed by atoms with E-state index in [-0.39, 0.29) is 11.3 Å². The van der Waals surface area contributed by atoms with Crippen LogP contribution in [-0.2, 0) is 4.74 Å². The largest absolute Gasteiger partial charge is 0.573 e. The molecule has 0 amide bonds. The molecule has 6 heteroatoms. The molecule has 0 saturated carbocycles. The Morgan fingerprint density at radius 2 is 1.58 bits per heavy atom. The second-order valence-corrected chi connectivity index (χ2v) is 6.58. The van der Waals surface area contributed by atoms with Crippen molar-refractivity contribution < 1.29 is 27.4 Å². The summed E-state index contributed by atoms with van der Waals surface area (Å²) in [5.41, 5.74) is 1.14. The summed E-state index contributed by atoms with van der Waals surface area (Å²) >= 11 is 0. The fourth-order valence-corrected chi connectivity index (χ4v) is 2.23. The lowest BCUT2D eigenvalue weighted by Crippen LogP contribution is -2.23. The molecule has 0 spiro atoms. The highest BCUT2D eigenvalue weighted by Crippen LogP contribution is 2.32. The molecule has 0 saturated heterocycles. The Balaban J connectivity index is 2.30. The lowest BCUT2D eigenvalue weighted by molar-refractivity contribution is -0.274. The summed E-state index contributed by atoms with van der Waals surface area (Å²) in [4.78, 5) is 12.0.